The van der Waals surface area contributed by atoms with Gasteiger partial charge in [-0.1, -0.05) is 41.6 Å². The van der Waals surface area contributed by atoms with Crippen LogP contribution in [0, 0.1) is 0 Å². The quantitative estimate of drug-likeness (QED) is 0.790. The van der Waals surface area contributed by atoms with Gasteiger partial charge in [0.05, 0.1) is 7.11 Å². The summed E-state index contributed by atoms with van der Waals surface area (Å²) in [6.07, 6.45) is 0.287. The fraction of sp³-hybridized carbons (Fsp3) is 0.133. The molecule has 0 amide bonds. The molecule has 0 aromatic heterocycles. The fourth-order valence-electron chi connectivity index (χ4n) is 1.63. The van der Waals surface area contributed by atoms with E-state index in [1.807, 2.05) is 30.3 Å². The first-order chi connectivity index (χ1) is 9.19. The van der Waals surface area contributed by atoms with Gasteiger partial charge in [0.15, 0.2) is 5.12 Å². The average molecular weight is 293 g/mol. The van der Waals surface area contributed by atoms with Gasteiger partial charge in [-0.05, 0) is 35.9 Å². The van der Waals surface area contributed by atoms with Crippen molar-refractivity contribution in [2.24, 2.45) is 0 Å². The van der Waals surface area contributed by atoms with Crippen LogP contribution in [0.4, 0.5) is 0 Å². The summed E-state index contributed by atoms with van der Waals surface area (Å²) < 4.78 is 5.13. The van der Waals surface area contributed by atoms with Crippen LogP contribution < -0.4 is 4.74 Å². The number of hydrogen-bond donors (Lipinski definition) is 0. The Morgan fingerprint density at radius 1 is 1.21 bits per heavy atom. The van der Waals surface area contributed by atoms with Crippen LogP contribution in [-0.2, 0) is 11.2 Å². The molecular weight excluding hydrogens is 280 g/mol. The molecule has 0 radical (unpaired) electrons. The molecule has 0 bridgehead atoms. The lowest BCUT2D eigenvalue weighted by Crippen LogP contribution is -1.99. The number of methoxy groups -OCH3 is 1. The third-order valence-electron chi connectivity index (χ3n) is 2.56. The van der Waals surface area contributed by atoms with Gasteiger partial charge in [0.2, 0.25) is 0 Å². The molecule has 0 unspecified atom stereocenters. The fourth-order valence-corrected chi connectivity index (χ4v) is 2.59. The largest absolute Gasteiger partial charge is 0.497 e. The summed E-state index contributed by atoms with van der Waals surface area (Å²) in [5.74, 6) is 0.705. The van der Waals surface area contributed by atoms with Crippen LogP contribution in [-0.4, -0.2) is 12.2 Å². The number of halogens is 1. The maximum atomic E-state index is 12.0. The lowest BCUT2D eigenvalue weighted by atomic mass is 10.1. The van der Waals surface area contributed by atoms with Gasteiger partial charge < -0.3 is 4.74 Å². The topological polar surface area (TPSA) is 26.3 Å². The molecule has 98 valence electrons. The second-order valence-corrected chi connectivity index (χ2v) is 5.46. The van der Waals surface area contributed by atoms with E-state index in [-0.39, 0.29) is 11.5 Å². The Morgan fingerprint density at radius 2 is 1.95 bits per heavy atom. The van der Waals surface area contributed by atoms with Gasteiger partial charge in [0.25, 0.3) is 0 Å². The minimum Gasteiger partial charge on any atom is -0.497 e. The van der Waals surface area contributed by atoms with Gasteiger partial charge >= 0.3 is 0 Å². The smallest absolute Gasteiger partial charge is 0.198 e. The van der Waals surface area contributed by atoms with Crippen LogP contribution in [0.2, 0.25) is 5.02 Å². The Hall–Kier alpha value is -1.45. The van der Waals surface area contributed by atoms with E-state index in [1.54, 1.807) is 25.3 Å². The highest BCUT2D eigenvalue weighted by molar-refractivity contribution is 8.13. The summed E-state index contributed by atoms with van der Waals surface area (Å²) in [7, 11) is 1.59. The van der Waals surface area contributed by atoms with Crippen molar-refractivity contribution in [1.29, 1.82) is 0 Å². The first-order valence-electron chi connectivity index (χ1n) is 5.77. The zero-order valence-electron chi connectivity index (χ0n) is 10.4. The molecule has 2 rings (SSSR count). The van der Waals surface area contributed by atoms with E-state index in [1.165, 1.54) is 11.8 Å². The van der Waals surface area contributed by atoms with Gasteiger partial charge in [-0.2, -0.15) is 0 Å². The molecule has 0 heterocycles. The highest BCUT2D eigenvalue weighted by atomic mass is 35.5. The Labute approximate surface area is 121 Å². The summed E-state index contributed by atoms with van der Waals surface area (Å²) in [6, 6.07) is 14.9. The van der Waals surface area contributed by atoms with Crippen LogP contribution in [0.1, 0.15) is 5.56 Å². The molecule has 0 saturated carbocycles. The zero-order valence-corrected chi connectivity index (χ0v) is 12.0. The van der Waals surface area contributed by atoms with Crippen LogP contribution in [0.15, 0.2) is 53.4 Å². The molecule has 0 aliphatic rings. The number of rotatable bonds is 4. The Balaban J connectivity index is 2.06. The van der Waals surface area contributed by atoms with E-state index in [0.717, 1.165) is 10.5 Å². The van der Waals surface area contributed by atoms with Crippen molar-refractivity contribution in [2.75, 3.05) is 7.11 Å². The monoisotopic (exact) mass is 292 g/mol. The van der Waals surface area contributed by atoms with Crippen LogP contribution in [0.25, 0.3) is 0 Å². The van der Waals surface area contributed by atoms with Crippen LogP contribution >= 0.6 is 23.4 Å². The van der Waals surface area contributed by atoms with Gasteiger partial charge in [-0.25, -0.2) is 0 Å². The van der Waals surface area contributed by atoms with E-state index in [9.17, 15) is 4.79 Å². The minimum atomic E-state index is 0.0568. The summed E-state index contributed by atoms with van der Waals surface area (Å²) >= 11 is 7.31. The highest BCUT2D eigenvalue weighted by Crippen LogP contribution is 2.26. The van der Waals surface area contributed by atoms with Crippen molar-refractivity contribution in [1.82, 2.24) is 0 Å². The number of carbonyl (C=O) groups excluding carboxylic acids is 1. The number of benzene rings is 2. The number of thioether (sulfide) groups is 1. The first-order valence-corrected chi connectivity index (χ1v) is 6.96. The molecule has 2 nitrogen and oxygen atoms in total. The van der Waals surface area contributed by atoms with E-state index < -0.39 is 0 Å². The molecule has 0 fully saturated rings. The number of carbonyl (C=O) groups is 1. The molecule has 0 atom stereocenters. The molecule has 0 aliphatic heterocycles. The van der Waals surface area contributed by atoms with Gasteiger partial charge in [0.1, 0.15) is 5.75 Å². The predicted molar refractivity (Wildman–Crippen MR) is 79.0 cm³/mol. The van der Waals surface area contributed by atoms with Crippen molar-refractivity contribution in [2.45, 2.75) is 11.3 Å². The predicted octanol–water partition coefficient (Wildman–Crippen LogP) is 4.21. The number of hydrogen-bond acceptors (Lipinski definition) is 3. The van der Waals surface area contributed by atoms with Crippen molar-refractivity contribution in [3.63, 3.8) is 0 Å². The van der Waals surface area contributed by atoms with Gasteiger partial charge in [0, 0.05) is 16.3 Å². The van der Waals surface area contributed by atoms with Crippen LogP contribution in [0.3, 0.4) is 0 Å². The second-order valence-electron chi connectivity index (χ2n) is 3.92. The summed E-state index contributed by atoms with van der Waals surface area (Å²) in [5.41, 5.74) is 0.787. The first kappa shape index (κ1) is 14.0. The SMILES string of the molecule is COc1ccc(Cl)c(CC(=O)Sc2ccccc2)c1. The normalized spacial score (nSPS) is 10.2. The Morgan fingerprint density at radius 3 is 2.63 bits per heavy atom. The van der Waals surface area contributed by atoms with Crippen molar-refractivity contribution >= 4 is 28.5 Å². The van der Waals surface area contributed by atoms with E-state index in [0.29, 0.717) is 10.8 Å². The molecule has 2 aromatic rings. The molecule has 0 saturated heterocycles. The lowest BCUT2D eigenvalue weighted by molar-refractivity contribution is -0.110. The van der Waals surface area contributed by atoms with Gasteiger partial charge in [-0.3, -0.25) is 4.79 Å². The van der Waals surface area contributed by atoms with Crippen molar-refractivity contribution < 1.29 is 9.53 Å². The van der Waals surface area contributed by atoms with E-state index >= 15 is 0 Å². The third kappa shape index (κ3) is 4.01. The Kier molecular flexibility index (Phi) is 4.88. The van der Waals surface area contributed by atoms with Crippen LogP contribution in [0.5, 0.6) is 5.75 Å². The second kappa shape index (κ2) is 6.64. The summed E-state index contributed by atoms with van der Waals surface area (Å²) in [5, 5.41) is 0.643. The standard InChI is InChI=1S/C15H13ClO2S/c1-18-12-7-8-14(16)11(9-12)10-15(17)19-13-5-3-2-4-6-13/h2-9H,10H2,1H3. The van der Waals surface area contributed by atoms with Gasteiger partial charge in [-0.15, -0.1) is 0 Å². The maximum Gasteiger partial charge on any atom is 0.198 e. The van der Waals surface area contributed by atoms with Crippen molar-refractivity contribution in [3.8, 4) is 5.75 Å². The van der Waals surface area contributed by atoms with Crippen molar-refractivity contribution in [3.05, 3.63) is 59.1 Å². The molecular formula is C15H13ClO2S. The lowest BCUT2D eigenvalue weighted by Gasteiger charge is -2.06. The van der Waals surface area contributed by atoms with E-state index in [4.69, 9.17) is 16.3 Å². The van der Waals surface area contributed by atoms with E-state index in [2.05, 4.69) is 0 Å². The zero-order chi connectivity index (χ0) is 13.7. The molecule has 0 spiro atoms. The maximum absolute atomic E-state index is 12.0. The highest BCUT2D eigenvalue weighted by Gasteiger charge is 2.10. The minimum absolute atomic E-state index is 0.0568. The Bertz CT molecular complexity index is 570. The summed E-state index contributed by atoms with van der Waals surface area (Å²) in [4.78, 5) is 12.9. The third-order valence-corrected chi connectivity index (χ3v) is 3.81. The molecule has 2 aromatic carbocycles. The average Bonchev–Trinajstić information content (AvgIpc) is 2.42. The molecule has 0 aliphatic carbocycles. The molecule has 0 N–H and O–H groups in total. The summed E-state index contributed by atoms with van der Waals surface area (Å²) in [6.45, 7) is 0. The molecule has 4 heteroatoms. The molecule has 19 heavy (non-hydrogen) atoms. The number of ether oxygens (including phenoxy) is 1.